The molecule has 1 aromatic heterocycles. The summed E-state index contributed by atoms with van der Waals surface area (Å²) < 4.78 is 41.7. The van der Waals surface area contributed by atoms with Crippen LogP contribution in [0.2, 0.25) is 0 Å². The summed E-state index contributed by atoms with van der Waals surface area (Å²) >= 11 is 0. The molecule has 9 nitrogen and oxygen atoms in total. The number of carbonyl (C=O) groups is 1. The maximum Gasteiger partial charge on any atom is 0.326 e. The van der Waals surface area contributed by atoms with Crippen LogP contribution in [-0.2, 0) is 22.1 Å². The number of rotatable bonds is 2. The van der Waals surface area contributed by atoms with Gasteiger partial charge in [-0.3, -0.25) is 19.4 Å². The summed E-state index contributed by atoms with van der Waals surface area (Å²) in [4.78, 5) is 22.8. The number of phenolic OH excluding ortho intramolecular Hbond substituents is 1. The Labute approximate surface area is 129 Å². The molecule has 0 saturated carbocycles. The molecule has 3 rings (SSSR count). The third-order valence-electron chi connectivity index (χ3n) is 3.34. The Morgan fingerprint density at radius 1 is 1.30 bits per heavy atom. The van der Waals surface area contributed by atoms with Crippen molar-refractivity contribution in [2.45, 2.75) is 0 Å². The number of aromatic hydroxyl groups is 1. The van der Waals surface area contributed by atoms with Crippen molar-refractivity contribution in [1.29, 1.82) is 0 Å². The monoisotopic (exact) mass is 342 g/mol. The Balaban J connectivity index is 2.21. The van der Waals surface area contributed by atoms with Crippen LogP contribution in [0.3, 0.4) is 0 Å². The molecular weight excluding hydrogens is 331 g/mol. The van der Waals surface area contributed by atoms with Gasteiger partial charge in [0, 0.05) is 18.7 Å². The maximum atomic E-state index is 14.7. The van der Waals surface area contributed by atoms with Gasteiger partial charge in [0.15, 0.2) is 5.82 Å². The van der Waals surface area contributed by atoms with Gasteiger partial charge in [0.2, 0.25) is 0 Å². The van der Waals surface area contributed by atoms with E-state index in [9.17, 15) is 27.5 Å². The molecule has 3 N–H and O–H groups in total. The fourth-order valence-electron chi connectivity index (χ4n) is 2.27. The molecule has 1 aliphatic heterocycles. The number of phenols is 1. The Hall–Kier alpha value is -2.82. The van der Waals surface area contributed by atoms with E-state index in [-0.39, 0.29) is 11.3 Å². The van der Waals surface area contributed by atoms with E-state index in [0.717, 1.165) is 16.8 Å². The van der Waals surface area contributed by atoms with Crippen molar-refractivity contribution in [2.24, 2.45) is 7.05 Å². The van der Waals surface area contributed by atoms with Crippen molar-refractivity contribution < 1.29 is 22.7 Å². The minimum atomic E-state index is -4.28. The summed E-state index contributed by atoms with van der Waals surface area (Å²) in [6, 6.07) is 3.40. The number of carbonyl (C=O) groups excluding carboxylic acids is 1. The molecule has 23 heavy (non-hydrogen) atoms. The lowest BCUT2D eigenvalue weighted by Crippen LogP contribution is -2.30. The molecule has 122 valence electrons. The van der Waals surface area contributed by atoms with Gasteiger partial charge >= 0.3 is 10.2 Å². The number of H-pyrrole nitrogens is 1. The maximum absolute atomic E-state index is 14.7. The number of nitrogens with one attached hydrogen (secondary N) is 2. The molecule has 1 fully saturated rings. The molecule has 1 amide bonds. The molecule has 2 heterocycles. The summed E-state index contributed by atoms with van der Waals surface area (Å²) in [5.41, 5.74) is -1.10. The Bertz CT molecular complexity index is 978. The van der Waals surface area contributed by atoms with E-state index < -0.39 is 45.5 Å². The fraction of sp³-hybridized carbons (Fsp3) is 0.167. The number of hydrogen-bond acceptors (Lipinski definition) is 5. The van der Waals surface area contributed by atoms with Crippen LogP contribution in [0.5, 0.6) is 5.75 Å². The normalized spacial score (nSPS) is 16.6. The highest BCUT2D eigenvalue weighted by atomic mass is 32.2. The van der Waals surface area contributed by atoms with Crippen LogP contribution in [-0.4, -0.2) is 35.8 Å². The minimum absolute atomic E-state index is 0.104. The number of aromatic nitrogens is 2. The lowest BCUT2D eigenvalue weighted by atomic mass is 10.1. The molecule has 0 unspecified atom stereocenters. The van der Waals surface area contributed by atoms with Crippen molar-refractivity contribution in [3.05, 3.63) is 34.4 Å². The molecule has 0 spiro atoms. The van der Waals surface area contributed by atoms with Crippen LogP contribution < -0.4 is 14.6 Å². The molecule has 0 radical (unpaired) electrons. The van der Waals surface area contributed by atoms with Crippen LogP contribution >= 0.6 is 0 Å². The van der Waals surface area contributed by atoms with E-state index >= 15 is 0 Å². The standard InChI is InChI=1S/C12H11FN4O5S/c1-16-10(20)4-7(14-16)6-2-3-8(18)12(11(6)13)17-5-9(19)15-23(17,21)22/h2-4,14,18H,5H2,1H3,(H,15,19). The smallest absolute Gasteiger partial charge is 0.326 e. The number of hydrogen-bond donors (Lipinski definition) is 3. The van der Waals surface area contributed by atoms with Gasteiger partial charge in [-0.2, -0.15) is 8.42 Å². The second kappa shape index (κ2) is 4.84. The average molecular weight is 342 g/mol. The van der Waals surface area contributed by atoms with Gasteiger partial charge in [-0.05, 0) is 12.1 Å². The number of aromatic amines is 1. The van der Waals surface area contributed by atoms with Gasteiger partial charge in [0.25, 0.3) is 11.5 Å². The molecule has 1 aliphatic rings. The first kappa shape index (κ1) is 15.1. The third kappa shape index (κ3) is 2.34. The van der Waals surface area contributed by atoms with Crippen molar-refractivity contribution in [1.82, 2.24) is 14.5 Å². The Morgan fingerprint density at radius 3 is 2.52 bits per heavy atom. The first-order chi connectivity index (χ1) is 10.7. The number of nitrogens with zero attached hydrogens (tertiary/aromatic N) is 2. The van der Waals surface area contributed by atoms with Crippen LogP contribution in [0.25, 0.3) is 11.3 Å². The van der Waals surface area contributed by atoms with Crippen molar-refractivity contribution in [3.63, 3.8) is 0 Å². The van der Waals surface area contributed by atoms with Crippen molar-refractivity contribution in [2.75, 3.05) is 10.8 Å². The Morgan fingerprint density at radius 2 is 2.00 bits per heavy atom. The van der Waals surface area contributed by atoms with Gasteiger partial charge < -0.3 is 5.11 Å². The number of benzene rings is 1. The summed E-state index contributed by atoms with van der Waals surface area (Å²) in [5, 5.41) is 12.4. The van der Waals surface area contributed by atoms with Crippen LogP contribution in [0, 0.1) is 5.82 Å². The van der Waals surface area contributed by atoms with E-state index in [1.165, 1.54) is 13.1 Å². The zero-order valence-corrected chi connectivity index (χ0v) is 12.5. The lowest BCUT2D eigenvalue weighted by molar-refractivity contribution is -0.117. The third-order valence-corrected chi connectivity index (χ3v) is 4.72. The van der Waals surface area contributed by atoms with Crippen LogP contribution in [0.4, 0.5) is 10.1 Å². The van der Waals surface area contributed by atoms with E-state index in [1.807, 2.05) is 0 Å². The average Bonchev–Trinajstić information content (AvgIpc) is 2.89. The van der Waals surface area contributed by atoms with E-state index in [4.69, 9.17) is 0 Å². The Kier molecular flexibility index (Phi) is 3.18. The second-order valence-electron chi connectivity index (χ2n) is 4.90. The molecule has 0 aliphatic carbocycles. The first-order valence-electron chi connectivity index (χ1n) is 6.32. The predicted octanol–water partition coefficient (Wildman–Crippen LogP) is -0.594. The van der Waals surface area contributed by atoms with Crippen LogP contribution in [0.15, 0.2) is 23.0 Å². The predicted molar refractivity (Wildman–Crippen MR) is 77.5 cm³/mol. The van der Waals surface area contributed by atoms with Gasteiger partial charge in [0.1, 0.15) is 18.0 Å². The summed E-state index contributed by atoms with van der Waals surface area (Å²) in [6.07, 6.45) is 0. The topological polar surface area (TPSA) is 124 Å². The van der Waals surface area contributed by atoms with Gasteiger partial charge in [-0.25, -0.2) is 13.4 Å². The van der Waals surface area contributed by atoms with E-state index in [2.05, 4.69) is 5.10 Å². The largest absolute Gasteiger partial charge is 0.506 e. The molecular formula is C12H11FN4O5S. The number of aryl methyl sites for hydroxylation is 1. The number of halogens is 1. The van der Waals surface area contributed by atoms with Gasteiger partial charge in [0.05, 0.1) is 5.69 Å². The van der Waals surface area contributed by atoms with Crippen molar-refractivity contribution >= 4 is 21.8 Å². The summed E-state index contributed by atoms with van der Waals surface area (Å²) in [6.45, 7) is -0.651. The minimum Gasteiger partial charge on any atom is -0.506 e. The summed E-state index contributed by atoms with van der Waals surface area (Å²) in [5.74, 6) is -2.57. The SMILES string of the molecule is Cn1[nH]c(-c2ccc(O)c(N3CC(=O)NS3(=O)=O)c2F)cc1=O. The van der Waals surface area contributed by atoms with Crippen LogP contribution in [0.1, 0.15) is 0 Å². The highest BCUT2D eigenvalue weighted by molar-refractivity contribution is 7.92. The molecule has 0 atom stereocenters. The summed E-state index contributed by atoms with van der Waals surface area (Å²) in [7, 11) is -2.85. The fourth-order valence-corrected chi connectivity index (χ4v) is 3.44. The molecule has 11 heteroatoms. The van der Waals surface area contributed by atoms with Gasteiger partial charge in [-0.1, -0.05) is 0 Å². The molecule has 1 aromatic carbocycles. The quantitative estimate of drug-likeness (QED) is 0.673. The van der Waals surface area contributed by atoms with Crippen molar-refractivity contribution in [3.8, 4) is 17.0 Å². The van der Waals surface area contributed by atoms with Gasteiger partial charge in [-0.15, -0.1) is 0 Å². The molecule has 2 aromatic rings. The zero-order valence-electron chi connectivity index (χ0n) is 11.7. The highest BCUT2D eigenvalue weighted by Crippen LogP contribution is 2.37. The van der Waals surface area contributed by atoms with E-state index in [1.54, 1.807) is 4.72 Å². The zero-order chi connectivity index (χ0) is 16.9. The number of amides is 1. The highest BCUT2D eigenvalue weighted by Gasteiger charge is 2.38. The lowest BCUT2D eigenvalue weighted by Gasteiger charge is -2.18. The second-order valence-corrected chi connectivity index (χ2v) is 6.49. The van der Waals surface area contributed by atoms with E-state index in [0.29, 0.717) is 4.31 Å². The first-order valence-corrected chi connectivity index (χ1v) is 7.76. The number of anilines is 1. The molecule has 1 saturated heterocycles. The molecule has 0 bridgehead atoms.